The third kappa shape index (κ3) is 8.94. The molecule has 0 radical (unpaired) electrons. The van der Waals surface area contributed by atoms with E-state index in [9.17, 15) is 0 Å². The van der Waals surface area contributed by atoms with Crippen molar-refractivity contribution in [2.24, 2.45) is 16.6 Å². The standard InChI is InChI=1S/C28H45N5S2/c29-27(35-22-23-10-6-3-1-2-4-7-11-23)31-28(34)30-24-12-14-25(15-13-24)33-20-16-26(17-21-33)32-18-8-5-9-19-32/h12-15,23,26H,1-11,16-22H2,(H3,29,30,31,34). The summed E-state index contributed by atoms with van der Waals surface area (Å²) in [7, 11) is 0. The molecule has 1 aromatic rings. The van der Waals surface area contributed by atoms with Gasteiger partial charge >= 0.3 is 0 Å². The highest BCUT2D eigenvalue weighted by Crippen LogP contribution is 2.27. The molecule has 7 heteroatoms. The van der Waals surface area contributed by atoms with Crippen LogP contribution in [0.4, 0.5) is 11.4 Å². The molecule has 35 heavy (non-hydrogen) atoms. The Bertz CT molecular complexity index is 788. The Labute approximate surface area is 222 Å². The van der Waals surface area contributed by atoms with Gasteiger partial charge in [-0.2, -0.15) is 4.99 Å². The average Bonchev–Trinajstić information content (AvgIpc) is 3.02. The van der Waals surface area contributed by atoms with Gasteiger partial charge in [0, 0.05) is 36.3 Å². The first-order chi connectivity index (χ1) is 17.2. The van der Waals surface area contributed by atoms with E-state index in [4.69, 9.17) is 18.0 Å². The van der Waals surface area contributed by atoms with Gasteiger partial charge in [-0.3, -0.25) is 0 Å². The average molecular weight is 516 g/mol. The highest BCUT2D eigenvalue weighted by atomic mass is 32.2. The summed E-state index contributed by atoms with van der Waals surface area (Å²) in [5.41, 5.74) is 8.48. The van der Waals surface area contributed by atoms with Crippen molar-refractivity contribution in [2.45, 2.75) is 89.5 Å². The van der Waals surface area contributed by atoms with E-state index >= 15 is 0 Å². The number of amidine groups is 1. The number of thioether (sulfide) groups is 1. The Hall–Kier alpha value is -1.31. The molecule has 3 fully saturated rings. The number of hydrogen-bond donors (Lipinski definition) is 2. The lowest BCUT2D eigenvalue weighted by Gasteiger charge is -2.41. The van der Waals surface area contributed by atoms with Crippen LogP contribution >= 0.6 is 24.0 Å². The van der Waals surface area contributed by atoms with Crippen molar-refractivity contribution in [3.05, 3.63) is 24.3 Å². The van der Waals surface area contributed by atoms with Crippen LogP contribution in [0.25, 0.3) is 0 Å². The van der Waals surface area contributed by atoms with Crippen LogP contribution in [0.5, 0.6) is 0 Å². The Morgan fingerprint density at radius 1 is 0.857 bits per heavy atom. The fraction of sp³-hybridized carbons (Fsp3) is 0.714. The smallest absolute Gasteiger partial charge is 0.199 e. The summed E-state index contributed by atoms with van der Waals surface area (Å²) < 4.78 is 0. The van der Waals surface area contributed by atoms with Crippen molar-refractivity contribution in [1.82, 2.24) is 4.90 Å². The predicted octanol–water partition coefficient (Wildman–Crippen LogP) is 6.64. The quantitative estimate of drug-likeness (QED) is 0.261. The summed E-state index contributed by atoms with van der Waals surface area (Å²) >= 11 is 7.13. The van der Waals surface area contributed by atoms with Crippen molar-refractivity contribution >= 4 is 45.6 Å². The molecule has 2 saturated heterocycles. The van der Waals surface area contributed by atoms with E-state index in [1.807, 2.05) is 0 Å². The van der Waals surface area contributed by atoms with E-state index in [2.05, 4.69) is 44.4 Å². The molecule has 194 valence electrons. The van der Waals surface area contributed by atoms with Crippen molar-refractivity contribution in [3.63, 3.8) is 0 Å². The van der Waals surface area contributed by atoms with Crippen molar-refractivity contribution < 1.29 is 0 Å². The van der Waals surface area contributed by atoms with Gasteiger partial charge in [0.15, 0.2) is 10.3 Å². The van der Waals surface area contributed by atoms with Gasteiger partial charge in [0.1, 0.15) is 0 Å². The van der Waals surface area contributed by atoms with Gasteiger partial charge in [-0.15, -0.1) is 0 Å². The van der Waals surface area contributed by atoms with E-state index in [-0.39, 0.29) is 0 Å². The van der Waals surface area contributed by atoms with Gasteiger partial charge in [-0.05, 0) is 94.0 Å². The number of nitrogens with one attached hydrogen (secondary N) is 1. The fourth-order valence-electron chi connectivity index (χ4n) is 5.90. The maximum atomic E-state index is 6.21. The molecular weight excluding hydrogens is 470 g/mol. The number of likely N-dealkylation sites (tertiary alicyclic amines) is 1. The molecule has 3 N–H and O–H groups in total. The monoisotopic (exact) mass is 515 g/mol. The first-order valence-electron chi connectivity index (χ1n) is 14.0. The lowest BCUT2D eigenvalue weighted by Crippen LogP contribution is -2.46. The number of piperidine rings is 2. The highest BCUT2D eigenvalue weighted by molar-refractivity contribution is 8.13. The minimum atomic E-state index is 0.444. The number of anilines is 2. The second-order valence-corrected chi connectivity index (χ2v) is 12.0. The summed E-state index contributed by atoms with van der Waals surface area (Å²) in [4.78, 5) is 9.70. The van der Waals surface area contributed by atoms with Gasteiger partial charge < -0.3 is 20.9 Å². The number of aliphatic imine (C=N–C) groups is 1. The zero-order chi connectivity index (χ0) is 24.3. The molecule has 0 unspecified atom stereocenters. The normalized spacial score (nSPS) is 22.3. The number of benzene rings is 1. The van der Waals surface area contributed by atoms with Crippen LogP contribution in [0, 0.1) is 5.92 Å². The highest BCUT2D eigenvalue weighted by Gasteiger charge is 2.25. The topological polar surface area (TPSA) is 56.9 Å². The molecule has 0 spiro atoms. The minimum Gasteiger partial charge on any atom is -0.378 e. The number of rotatable bonds is 5. The third-order valence-corrected chi connectivity index (χ3v) is 9.23. The van der Waals surface area contributed by atoms with Crippen LogP contribution < -0.4 is 16.0 Å². The molecule has 4 rings (SSSR count). The molecule has 0 atom stereocenters. The maximum Gasteiger partial charge on any atom is 0.199 e. The van der Waals surface area contributed by atoms with Crippen molar-refractivity contribution in [3.8, 4) is 0 Å². The van der Waals surface area contributed by atoms with Gasteiger partial charge in [-0.25, -0.2) is 0 Å². The fourth-order valence-corrected chi connectivity index (χ4v) is 7.07. The Morgan fingerprint density at radius 2 is 1.46 bits per heavy atom. The molecule has 0 bridgehead atoms. The summed E-state index contributed by atoms with van der Waals surface area (Å²) in [6, 6.07) is 9.39. The maximum absolute atomic E-state index is 6.21. The minimum absolute atomic E-state index is 0.444. The summed E-state index contributed by atoms with van der Waals surface area (Å²) in [5, 5.41) is 4.27. The zero-order valence-corrected chi connectivity index (χ0v) is 23.1. The second kappa shape index (κ2) is 14.4. The molecular formula is C28H45N5S2. The van der Waals surface area contributed by atoms with E-state index < -0.39 is 0 Å². The molecule has 1 saturated carbocycles. The van der Waals surface area contributed by atoms with Crippen LogP contribution in [0.1, 0.15) is 83.5 Å². The molecule has 0 aromatic heterocycles. The largest absolute Gasteiger partial charge is 0.378 e. The molecule has 1 aliphatic carbocycles. The van der Waals surface area contributed by atoms with Crippen LogP contribution in [0.3, 0.4) is 0 Å². The Morgan fingerprint density at radius 3 is 2.11 bits per heavy atom. The van der Waals surface area contributed by atoms with Gasteiger partial charge in [0.25, 0.3) is 0 Å². The van der Waals surface area contributed by atoms with E-state index in [1.54, 1.807) is 11.8 Å². The van der Waals surface area contributed by atoms with Crippen LogP contribution in [0.2, 0.25) is 0 Å². The summed E-state index contributed by atoms with van der Waals surface area (Å²) in [6.45, 7) is 4.89. The molecule has 2 heterocycles. The number of hydrogen-bond acceptors (Lipinski definition) is 4. The summed E-state index contributed by atoms with van der Waals surface area (Å²) in [6.07, 6.45) is 17.7. The first-order valence-corrected chi connectivity index (χ1v) is 15.4. The van der Waals surface area contributed by atoms with Gasteiger partial charge in [0.05, 0.1) is 0 Å². The number of nitrogens with zero attached hydrogens (tertiary/aromatic N) is 3. The van der Waals surface area contributed by atoms with Crippen LogP contribution in [-0.2, 0) is 0 Å². The van der Waals surface area contributed by atoms with E-state index in [1.165, 1.54) is 102 Å². The third-order valence-electron chi connectivity index (χ3n) is 8.01. The van der Waals surface area contributed by atoms with E-state index in [0.29, 0.717) is 10.3 Å². The van der Waals surface area contributed by atoms with Crippen LogP contribution in [0.15, 0.2) is 29.3 Å². The van der Waals surface area contributed by atoms with Gasteiger partial charge in [-0.1, -0.05) is 56.7 Å². The van der Waals surface area contributed by atoms with Crippen LogP contribution in [-0.4, -0.2) is 53.2 Å². The molecule has 0 amide bonds. The molecule has 5 nitrogen and oxygen atoms in total. The first kappa shape index (κ1) is 26.7. The molecule has 3 aliphatic rings. The number of nitrogens with two attached hydrogens (primary N) is 1. The van der Waals surface area contributed by atoms with E-state index in [0.717, 1.165) is 36.5 Å². The Kier molecular flexibility index (Phi) is 11.0. The SMILES string of the molecule is N/C(=N\C(=S)Nc1ccc(N2CCC(N3CCCCC3)CC2)cc1)SCC1CCCCCCCC1. The lowest BCUT2D eigenvalue weighted by atomic mass is 9.99. The Balaban J connectivity index is 1.19. The molecule has 1 aromatic carbocycles. The zero-order valence-electron chi connectivity index (χ0n) is 21.4. The van der Waals surface area contributed by atoms with Gasteiger partial charge in [0.2, 0.25) is 0 Å². The predicted molar refractivity (Wildman–Crippen MR) is 158 cm³/mol. The van der Waals surface area contributed by atoms with Crippen molar-refractivity contribution in [2.75, 3.05) is 42.1 Å². The number of thiocarbonyl (C=S) groups is 1. The second-order valence-electron chi connectivity index (χ2n) is 10.6. The summed E-state index contributed by atoms with van der Waals surface area (Å²) in [5.74, 6) is 1.81. The molecule has 2 aliphatic heterocycles. The van der Waals surface area contributed by atoms with Crippen molar-refractivity contribution in [1.29, 1.82) is 0 Å². The lowest BCUT2D eigenvalue weighted by molar-refractivity contribution is 0.141.